The fraction of sp³-hybridized carbons (Fsp3) is 0.448. The van der Waals surface area contributed by atoms with Crippen molar-refractivity contribution in [3.05, 3.63) is 82.6 Å². The largest absolute Gasteiger partial charge is 0.481 e. The Kier molecular flexibility index (Phi) is 5.86. The standard InChI is InChI=1S/C29H33NO3/c1-4-23-21-16-19(2)18-29(23,24-14-15-27(32-3)30-25(24)17-21)28(31)33-26-13-9-8-12-22(26)20-10-6-5-7-11-20/h4-7,10-11,14-16,21-22,26H,8-9,12-13,17-18H2,1-3H3/b23-4+/t21-,22+,26-,29+/m1/s1. The van der Waals surface area contributed by atoms with Gasteiger partial charge in [-0.1, -0.05) is 60.5 Å². The lowest BCUT2D eigenvalue weighted by Gasteiger charge is -2.46. The lowest BCUT2D eigenvalue weighted by molar-refractivity contribution is -0.158. The summed E-state index contributed by atoms with van der Waals surface area (Å²) in [5, 5.41) is 0. The highest BCUT2D eigenvalue weighted by molar-refractivity contribution is 5.90. The summed E-state index contributed by atoms with van der Waals surface area (Å²) < 4.78 is 11.9. The Balaban J connectivity index is 1.55. The average Bonchev–Trinajstić information content (AvgIpc) is 2.84. The summed E-state index contributed by atoms with van der Waals surface area (Å²) in [6.07, 6.45) is 10.0. The SMILES string of the molecule is C/C=C1\[C@@H]2C=C(C)C[C@@]1(C(=O)O[C@@H]1CCCC[C@H]1c1ccccc1)c1ccc(OC)nc1C2. The van der Waals surface area contributed by atoms with E-state index in [1.54, 1.807) is 7.11 Å². The van der Waals surface area contributed by atoms with Crippen molar-refractivity contribution >= 4 is 5.97 Å². The minimum Gasteiger partial charge on any atom is -0.481 e. The monoisotopic (exact) mass is 443 g/mol. The number of benzene rings is 1. The Morgan fingerprint density at radius 2 is 1.91 bits per heavy atom. The normalized spacial score (nSPS) is 29.7. The van der Waals surface area contributed by atoms with Gasteiger partial charge in [0, 0.05) is 24.3 Å². The fourth-order valence-corrected chi connectivity index (χ4v) is 6.41. The summed E-state index contributed by atoms with van der Waals surface area (Å²) in [6.45, 7) is 4.19. The fourth-order valence-electron chi connectivity index (χ4n) is 6.41. The number of esters is 1. The molecular weight excluding hydrogens is 410 g/mol. The third-order valence-electron chi connectivity index (χ3n) is 7.80. The Bertz CT molecular complexity index is 1100. The molecule has 0 aliphatic heterocycles. The molecule has 0 radical (unpaired) electrons. The second kappa shape index (κ2) is 8.81. The number of aromatic nitrogens is 1. The number of carbonyl (C=O) groups excluding carboxylic acids is 1. The number of allylic oxidation sites excluding steroid dienone is 3. The summed E-state index contributed by atoms with van der Waals surface area (Å²) in [5.74, 6) is 0.896. The molecule has 0 unspecified atom stereocenters. The van der Waals surface area contributed by atoms with Crippen molar-refractivity contribution in [1.29, 1.82) is 0 Å². The topological polar surface area (TPSA) is 48.4 Å². The van der Waals surface area contributed by atoms with E-state index in [1.165, 1.54) is 17.6 Å². The first-order valence-electron chi connectivity index (χ1n) is 12.2. The second-order valence-corrected chi connectivity index (χ2v) is 9.74. The van der Waals surface area contributed by atoms with Gasteiger partial charge in [-0.15, -0.1) is 0 Å². The Morgan fingerprint density at radius 3 is 2.67 bits per heavy atom. The van der Waals surface area contributed by atoms with Crippen LogP contribution in [0.2, 0.25) is 0 Å². The average molecular weight is 444 g/mol. The molecule has 33 heavy (non-hydrogen) atoms. The predicted octanol–water partition coefficient (Wildman–Crippen LogP) is 6.07. The number of fused-ring (bicyclic) bond motifs is 4. The molecule has 172 valence electrons. The van der Waals surface area contributed by atoms with Crippen LogP contribution in [0.1, 0.15) is 68.7 Å². The van der Waals surface area contributed by atoms with Crippen LogP contribution in [0.4, 0.5) is 0 Å². The first-order valence-corrected chi connectivity index (χ1v) is 12.2. The summed E-state index contributed by atoms with van der Waals surface area (Å²) in [5.41, 5.74) is 4.80. The quantitative estimate of drug-likeness (QED) is 0.425. The Labute approximate surface area is 196 Å². The highest BCUT2D eigenvalue weighted by Gasteiger charge is 2.54. The number of nitrogens with zero attached hydrogens (tertiary/aromatic N) is 1. The van der Waals surface area contributed by atoms with Gasteiger partial charge in [0.1, 0.15) is 11.5 Å². The van der Waals surface area contributed by atoms with Crippen molar-refractivity contribution in [3.63, 3.8) is 0 Å². The van der Waals surface area contributed by atoms with Gasteiger partial charge in [0.05, 0.1) is 12.8 Å². The number of hydrogen-bond donors (Lipinski definition) is 0. The molecule has 2 bridgehead atoms. The zero-order valence-corrected chi connectivity index (χ0v) is 19.8. The summed E-state index contributed by atoms with van der Waals surface area (Å²) >= 11 is 0. The summed E-state index contributed by atoms with van der Waals surface area (Å²) in [4.78, 5) is 19.0. The van der Waals surface area contributed by atoms with E-state index < -0.39 is 5.41 Å². The zero-order chi connectivity index (χ0) is 23.0. The molecule has 0 spiro atoms. The van der Waals surface area contributed by atoms with E-state index in [2.05, 4.69) is 43.3 Å². The molecule has 1 fully saturated rings. The van der Waals surface area contributed by atoms with Crippen LogP contribution in [-0.2, 0) is 21.4 Å². The number of rotatable bonds is 4. The van der Waals surface area contributed by atoms with Crippen LogP contribution in [0.5, 0.6) is 5.88 Å². The van der Waals surface area contributed by atoms with E-state index in [-0.39, 0.29) is 23.9 Å². The molecule has 0 saturated heterocycles. The molecule has 3 aliphatic rings. The summed E-state index contributed by atoms with van der Waals surface area (Å²) in [6, 6.07) is 14.5. The van der Waals surface area contributed by atoms with Gasteiger partial charge in [0.15, 0.2) is 0 Å². The van der Waals surface area contributed by atoms with Gasteiger partial charge < -0.3 is 9.47 Å². The Hall–Kier alpha value is -2.88. The van der Waals surface area contributed by atoms with Gasteiger partial charge in [-0.2, -0.15) is 0 Å². The number of ether oxygens (including phenoxy) is 2. The maximum absolute atomic E-state index is 14.3. The van der Waals surface area contributed by atoms with E-state index in [1.807, 2.05) is 25.1 Å². The number of methoxy groups -OCH3 is 1. The lowest BCUT2D eigenvalue weighted by Crippen LogP contribution is -2.49. The molecule has 4 nitrogen and oxygen atoms in total. The third kappa shape index (κ3) is 3.70. The number of pyridine rings is 1. The highest BCUT2D eigenvalue weighted by atomic mass is 16.5. The van der Waals surface area contributed by atoms with Crippen molar-refractivity contribution in [1.82, 2.24) is 4.98 Å². The smallest absolute Gasteiger partial charge is 0.321 e. The maximum Gasteiger partial charge on any atom is 0.321 e. The molecule has 2 aromatic rings. The van der Waals surface area contributed by atoms with E-state index in [0.717, 1.165) is 42.5 Å². The van der Waals surface area contributed by atoms with Gasteiger partial charge >= 0.3 is 5.97 Å². The number of carbonyl (C=O) groups is 1. The van der Waals surface area contributed by atoms with Crippen molar-refractivity contribution in [2.45, 2.75) is 69.8 Å². The molecule has 4 atom stereocenters. The first kappa shape index (κ1) is 21.9. The van der Waals surface area contributed by atoms with E-state index >= 15 is 0 Å². The van der Waals surface area contributed by atoms with Gasteiger partial charge in [-0.3, -0.25) is 4.79 Å². The van der Waals surface area contributed by atoms with Crippen molar-refractivity contribution in [2.24, 2.45) is 5.92 Å². The van der Waals surface area contributed by atoms with Crippen LogP contribution < -0.4 is 4.74 Å². The van der Waals surface area contributed by atoms with Gasteiger partial charge in [-0.25, -0.2) is 4.98 Å². The minimum atomic E-state index is -0.802. The van der Waals surface area contributed by atoms with E-state index in [9.17, 15) is 4.79 Å². The zero-order valence-electron chi connectivity index (χ0n) is 19.8. The van der Waals surface area contributed by atoms with Crippen LogP contribution in [-0.4, -0.2) is 24.2 Å². The van der Waals surface area contributed by atoms with E-state index in [0.29, 0.717) is 12.3 Å². The molecule has 4 heteroatoms. The summed E-state index contributed by atoms with van der Waals surface area (Å²) in [7, 11) is 1.64. The molecule has 0 amide bonds. The van der Waals surface area contributed by atoms with Crippen LogP contribution in [0.25, 0.3) is 0 Å². The molecule has 3 aliphatic carbocycles. The molecule has 0 N–H and O–H groups in total. The molecule has 1 aromatic heterocycles. The van der Waals surface area contributed by atoms with Crippen LogP contribution in [0.3, 0.4) is 0 Å². The molecule has 1 aromatic carbocycles. The first-order chi connectivity index (χ1) is 16.1. The van der Waals surface area contributed by atoms with Crippen LogP contribution >= 0.6 is 0 Å². The van der Waals surface area contributed by atoms with Gasteiger partial charge in [0.25, 0.3) is 0 Å². The van der Waals surface area contributed by atoms with Crippen molar-refractivity contribution in [3.8, 4) is 5.88 Å². The van der Waals surface area contributed by atoms with Gasteiger partial charge in [0.2, 0.25) is 5.88 Å². The van der Waals surface area contributed by atoms with Crippen molar-refractivity contribution < 1.29 is 14.3 Å². The Morgan fingerprint density at radius 1 is 1.12 bits per heavy atom. The van der Waals surface area contributed by atoms with Crippen molar-refractivity contribution in [2.75, 3.05) is 7.11 Å². The predicted molar refractivity (Wildman–Crippen MR) is 129 cm³/mol. The molecular formula is C29H33NO3. The highest BCUT2D eigenvalue weighted by Crippen LogP contribution is 2.53. The van der Waals surface area contributed by atoms with Crippen LogP contribution in [0.15, 0.2) is 65.8 Å². The molecule has 1 heterocycles. The van der Waals surface area contributed by atoms with Crippen LogP contribution in [0, 0.1) is 5.92 Å². The molecule has 5 rings (SSSR count). The number of hydrogen-bond acceptors (Lipinski definition) is 4. The van der Waals surface area contributed by atoms with Gasteiger partial charge in [-0.05, 0) is 56.2 Å². The maximum atomic E-state index is 14.3. The second-order valence-electron chi connectivity index (χ2n) is 9.74. The minimum absolute atomic E-state index is 0.0950. The molecule has 1 saturated carbocycles. The lowest BCUT2D eigenvalue weighted by atomic mass is 9.58. The van der Waals surface area contributed by atoms with E-state index in [4.69, 9.17) is 14.5 Å². The third-order valence-corrected chi connectivity index (χ3v) is 7.80.